The molecule has 2 heteroatoms. The second-order valence-electron chi connectivity index (χ2n) is 3.14. The standard InChI is InChI=1S/C9H16O2/c1-8(10)4-5-9-3-2-6-11-7-9/h7-8,10H,2-6H2,1H3/t8-/m0/s1. The molecule has 11 heavy (non-hydrogen) atoms. The molecule has 2 nitrogen and oxygen atoms in total. The van der Waals surface area contributed by atoms with Crippen molar-refractivity contribution in [2.24, 2.45) is 0 Å². The Morgan fingerprint density at radius 1 is 1.73 bits per heavy atom. The van der Waals surface area contributed by atoms with E-state index in [4.69, 9.17) is 9.84 Å². The molecule has 0 radical (unpaired) electrons. The fraction of sp³-hybridized carbons (Fsp3) is 0.778. The lowest BCUT2D eigenvalue weighted by Crippen LogP contribution is -2.03. The Bertz CT molecular complexity index is 138. The third-order valence-electron chi connectivity index (χ3n) is 1.89. The Morgan fingerprint density at radius 3 is 3.09 bits per heavy atom. The highest BCUT2D eigenvalue weighted by Crippen LogP contribution is 2.17. The van der Waals surface area contributed by atoms with Crippen LogP contribution in [-0.2, 0) is 4.74 Å². The van der Waals surface area contributed by atoms with Crippen molar-refractivity contribution in [3.8, 4) is 0 Å². The number of rotatable bonds is 3. The molecule has 1 heterocycles. The van der Waals surface area contributed by atoms with E-state index in [1.54, 1.807) is 0 Å². The smallest absolute Gasteiger partial charge is 0.0876 e. The van der Waals surface area contributed by atoms with Gasteiger partial charge in [0.05, 0.1) is 19.0 Å². The Hall–Kier alpha value is -0.500. The van der Waals surface area contributed by atoms with E-state index in [-0.39, 0.29) is 6.10 Å². The van der Waals surface area contributed by atoms with Gasteiger partial charge < -0.3 is 9.84 Å². The van der Waals surface area contributed by atoms with E-state index in [1.807, 2.05) is 13.2 Å². The summed E-state index contributed by atoms with van der Waals surface area (Å²) in [6.07, 6.45) is 5.79. The molecule has 1 aliphatic heterocycles. The van der Waals surface area contributed by atoms with Crippen LogP contribution in [0.15, 0.2) is 11.8 Å². The first-order valence-corrected chi connectivity index (χ1v) is 4.26. The molecule has 0 spiro atoms. The molecule has 0 fully saturated rings. The van der Waals surface area contributed by atoms with Gasteiger partial charge in [-0.25, -0.2) is 0 Å². The van der Waals surface area contributed by atoms with Gasteiger partial charge in [-0.1, -0.05) is 0 Å². The molecule has 1 rings (SSSR count). The fourth-order valence-corrected chi connectivity index (χ4v) is 1.20. The van der Waals surface area contributed by atoms with Crippen LogP contribution in [0.1, 0.15) is 32.6 Å². The number of aliphatic hydroxyl groups excluding tert-OH is 1. The maximum atomic E-state index is 9.01. The van der Waals surface area contributed by atoms with E-state index in [0.29, 0.717) is 0 Å². The van der Waals surface area contributed by atoms with Crippen molar-refractivity contribution in [3.05, 3.63) is 11.8 Å². The van der Waals surface area contributed by atoms with Gasteiger partial charge in [-0.15, -0.1) is 0 Å². The van der Waals surface area contributed by atoms with Crippen LogP contribution in [0.5, 0.6) is 0 Å². The summed E-state index contributed by atoms with van der Waals surface area (Å²) in [6.45, 7) is 2.68. The van der Waals surface area contributed by atoms with Gasteiger partial charge in [0.1, 0.15) is 0 Å². The van der Waals surface area contributed by atoms with Crippen molar-refractivity contribution in [1.29, 1.82) is 0 Å². The second kappa shape index (κ2) is 4.39. The molecule has 0 saturated heterocycles. The molecule has 0 aromatic heterocycles. The summed E-state index contributed by atoms with van der Waals surface area (Å²) in [4.78, 5) is 0. The highest BCUT2D eigenvalue weighted by Gasteiger charge is 2.05. The molecule has 0 amide bonds. The molecule has 0 aromatic carbocycles. The largest absolute Gasteiger partial charge is 0.501 e. The Kier molecular flexibility index (Phi) is 3.43. The van der Waals surface area contributed by atoms with Crippen LogP contribution in [0, 0.1) is 0 Å². The molecule has 0 bridgehead atoms. The van der Waals surface area contributed by atoms with Gasteiger partial charge in [0.25, 0.3) is 0 Å². The molecule has 0 aromatic rings. The number of hydrogen-bond acceptors (Lipinski definition) is 2. The van der Waals surface area contributed by atoms with Crippen molar-refractivity contribution in [3.63, 3.8) is 0 Å². The average molecular weight is 156 g/mol. The molecular weight excluding hydrogens is 140 g/mol. The quantitative estimate of drug-likeness (QED) is 0.675. The first-order chi connectivity index (χ1) is 5.29. The maximum absolute atomic E-state index is 9.01. The van der Waals surface area contributed by atoms with Crippen LogP contribution in [-0.4, -0.2) is 17.8 Å². The zero-order chi connectivity index (χ0) is 8.10. The minimum absolute atomic E-state index is 0.183. The summed E-state index contributed by atoms with van der Waals surface area (Å²) in [5.74, 6) is 0. The molecule has 1 aliphatic rings. The highest BCUT2D eigenvalue weighted by molar-refractivity contribution is 5.00. The third-order valence-corrected chi connectivity index (χ3v) is 1.89. The highest BCUT2D eigenvalue weighted by atomic mass is 16.5. The second-order valence-corrected chi connectivity index (χ2v) is 3.14. The Balaban J connectivity index is 2.19. The zero-order valence-electron chi connectivity index (χ0n) is 7.05. The van der Waals surface area contributed by atoms with E-state index in [2.05, 4.69) is 0 Å². The Morgan fingerprint density at radius 2 is 2.55 bits per heavy atom. The zero-order valence-corrected chi connectivity index (χ0v) is 7.05. The predicted octanol–water partition coefficient (Wildman–Crippen LogP) is 1.84. The molecule has 0 saturated carbocycles. The summed E-state index contributed by atoms with van der Waals surface area (Å²) >= 11 is 0. The van der Waals surface area contributed by atoms with E-state index in [9.17, 15) is 0 Å². The van der Waals surface area contributed by atoms with E-state index < -0.39 is 0 Å². The molecule has 1 atom stereocenters. The number of ether oxygens (including phenoxy) is 1. The van der Waals surface area contributed by atoms with Crippen molar-refractivity contribution >= 4 is 0 Å². The molecule has 64 valence electrons. The summed E-state index contributed by atoms with van der Waals surface area (Å²) in [5, 5.41) is 9.01. The predicted molar refractivity (Wildman–Crippen MR) is 44.2 cm³/mol. The lowest BCUT2D eigenvalue weighted by atomic mass is 10.0. The van der Waals surface area contributed by atoms with Crippen molar-refractivity contribution in [2.45, 2.75) is 38.7 Å². The van der Waals surface area contributed by atoms with Crippen molar-refractivity contribution in [2.75, 3.05) is 6.61 Å². The normalized spacial score (nSPS) is 20.4. The van der Waals surface area contributed by atoms with E-state index >= 15 is 0 Å². The number of allylic oxidation sites excluding steroid dienone is 1. The minimum Gasteiger partial charge on any atom is -0.501 e. The minimum atomic E-state index is -0.183. The maximum Gasteiger partial charge on any atom is 0.0876 e. The fourth-order valence-electron chi connectivity index (χ4n) is 1.20. The Labute approximate surface area is 67.9 Å². The summed E-state index contributed by atoms with van der Waals surface area (Å²) in [5.41, 5.74) is 1.34. The first-order valence-electron chi connectivity index (χ1n) is 4.26. The van der Waals surface area contributed by atoms with E-state index in [1.165, 1.54) is 5.57 Å². The molecule has 0 unspecified atom stereocenters. The number of aliphatic hydroxyl groups is 1. The van der Waals surface area contributed by atoms with E-state index in [0.717, 1.165) is 32.3 Å². The van der Waals surface area contributed by atoms with Crippen LogP contribution in [0.25, 0.3) is 0 Å². The van der Waals surface area contributed by atoms with Crippen LogP contribution in [0.4, 0.5) is 0 Å². The third kappa shape index (κ3) is 3.42. The molecule has 1 N–H and O–H groups in total. The number of hydrogen-bond donors (Lipinski definition) is 1. The van der Waals surface area contributed by atoms with Crippen molar-refractivity contribution in [1.82, 2.24) is 0 Å². The molecular formula is C9H16O2. The lowest BCUT2D eigenvalue weighted by Gasteiger charge is -2.13. The SMILES string of the molecule is C[C@H](O)CCC1=COCCC1. The van der Waals surface area contributed by atoms with Gasteiger partial charge in [0.2, 0.25) is 0 Å². The first kappa shape index (κ1) is 8.60. The van der Waals surface area contributed by atoms with Gasteiger partial charge in [-0.2, -0.15) is 0 Å². The average Bonchev–Trinajstić information content (AvgIpc) is 2.03. The van der Waals surface area contributed by atoms with Crippen LogP contribution in [0.3, 0.4) is 0 Å². The lowest BCUT2D eigenvalue weighted by molar-refractivity contribution is 0.180. The van der Waals surface area contributed by atoms with Crippen molar-refractivity contribution < 1.29 is 9.84 Å². The monoisotopic (exact) mass is 156 g/mol. The summed E-state index contributed by atoms with van der Waals surface area (Å²) in [6, 6.07) is 0. The van der Waals surface area contributed by atoms with Gasteiger partial charge in [0.15, 0.2) is 0 Å². The van der Waals surface area contributed by atoms with Gasteiger partial charge >= 0.3 is 0 Å². The topological polar surface area (TPSA) is 29.5 Å². The van der Waals surface area contributed by atoms with Gasteiger partial charge in [-0.05, 0) is 38.2 Å². The molecule has 0 aliphatic carbocycles. The van der Waals surface area contributed by atoms with Crippen LogP contribution < -0.4 is 0 Å². The van der Waals surface area contributed by atoms with Crippen LogP contribution in [0.2, 0.25) is 0 Å². The van der Waals surface area contributed by atoms with Gasteiger partial charge in [-0.3, -0.25) is 0 Å². The van der Waals surface area contributed by atoms with Crippen LogP contribution >= 0.6 is 0 Å². The summed E-state index contributed by atoms with van der Waals surface area (Å²) in [7, 11) is 0. The summed E-state index contributed by atoms with van der Waals surface area (Å²) < 4.78 is 5.17. The van der Waals surface area contributed by atoms with Gasteiger partial charge in [0, 0.05) is 0 Å².